The van der Waals surface area contributed by atoms with Crippen LogP contribution in [-0.2, 0) is 4.79 Å². The Kier molecular flexibility index (Phi) is 2.39. The Balaban J connectivity index is 2.36. The molecule has 1 aromatic carbocycles. The van der Waals surface area contributed by atoms with Crippen molar-refractivity contribution in [2.45, 2.75) is 13.3 Å². The third-order valence-electron chi connectivity index (χ3n) is 2.26. The summed E-state index contributed by atoms with van der Waals surface area (Å²) in [6, 6.07) is 7.65. The molecule has 0 radical (unpaired) electrons. The Bertz CT molecular complexity index is 349. The van der Waals surface area contributed by atoms with Gasteiger partial charge in [-0.25, -0.2) is 0 Å². The predicted octanol–water partition coefficient (Wildman–Crippen LogP) is 1.82. The molecule has 0 unspecified atom stereocenters. The second kappa shape index (κ2) is 3.70. The van der Waals surface area contributed by atoms with E-state index in [1.54, 1.807) is 4.90 Å². The number of hydrogen-bond acceptors (Lipinski definition) is 2. The van der Waals surface area contributed by atoms with Crippen molar-refractivity contribution in [3.8, 4) is 5.75 Å². The minimum Gasteiger partial charge on any atom is -0.482 e. The molecular formula is C11H13NO2. The highest BCUT2D eigenvalue weighted by molar-refractivity contribution is 5.97. The van der Waals surface area contributed by atoms with Gasteiger partial charge in [0.05, 0.1) is 5.69 Å². The fraction of sp³-hybridized carbons (Fsp3) is 0.364. The van der Waals surface area contributed by atoms with Gasteiger partial charge in [0.25, 0.3) is 5.91 Å². The number of carbonyl (C=O) groups is 1. The molecule has 1 aliphatic heterocycles. The summed E-state index contributed by atoms with van der Waals surface area (Å²) in [4.78, 5) is 13.3. The zero-order chi connectivity index (χ0) is 9.97. The molecule has 0 fully saturated rings. The van der Waals surface area contributed by atoms with Gasteiger partial charge in [-0.2, -0.15) is 0 Å². The molecule has 74 valence electrons. The lowest BCUT2D eigenvalue weighted by molar-refractivity contribution is -0.121. The summed E-state index contributed by atoms with van der Waals surface area (Å²) >= 11 is 0. The number of anilines is 1. The lowest BCUT2D eigenvalue weighted by atomic mass is 10.2. The number of ether oxygens (including phenoxy) is 1. The van der Waals surface area contributed by atoms with Gasteiger partial charge in [0.1, 0.15) is 5.75 Å². The first kappa shape index (κ1) is 9.06. The van der Waals surface area contributed by atoms with Crippen LogP contribution in [0.4, 0.5) is 5.69 Å². The molecule has 1 aliphatic rings. The molecule has 1 heterocycles. The first-order chi connectivity index (χ1) is 6.83. The SMILES string of the molecule is CCCN1C(=O)COc2ccccc21. The van der Waals surface area contributed by atoms with Gasteiger partial charge < -0.3 is 9.64 Å². The van der Waals surface area contributed by atoms with Crippen LogP contribution in [0.1, 0.15) is 13.3 Å². The number of hydrogen-bond donors (Lipinski definition) is 0. The molecule has 0 bridgehead atoms. The van der Waals surface area contributed by atoms with Crippen molar-refractivity contribution >= 4 is 11.6 Å². The molecule has 14 heavy (non-hydrogen) atoms. The molecule has 0 saturated heterocycles. The maximum atomic E-state index is 11.5. The van der Waals surface area contributed by atoms with Crippen molar-refractivity contribution in [1.29, 1.82) is 0 Å². The van der Waals surface area contributed by atoms with Crippen LogP contribution >= 0.6 is 0 Å². The summed E-state index contributed by atoms with van der Waals surface area (Å²) in [7, 11) is 0. The number of amides is 1. The molecule has 1 amide bonds. The van der Waals surface area contributed by atoms with E-state index in [9.17, 15) is 4.79 Å². The summed E-state index contributed by atoms with van der Waals surface area (Å²) in [6.45, 7) is 2.99. The molecule has 0 saturated carbocycles. The van der Waals surface area contributed by atoms with Gasteiger partial charge in [0.15, 0.2) is 6.61 Å². The zero-order valence-corrected chi connectivity index (χ0v) is 8.19. The second-order valence-electron chi connectivity index (χ2n) is 3.30. The molecular weight excluding hydrogens is 178 g/mol. The van der Waals surface area contributed by atoms with Gasteiger partial charge in [-0.15, -0.1) is 0 Å². The monoisotopic (exact) mass is 191 g/mol. The van der Waals surface area contributed by atoms with Crippen molar-refractivity contribution in [2.24, 2.45) is 0 Å². The van der Waals surface area contributed by atoms with E-state index in [1.807, 2.05) is 24.3 Å². The largest absolute Gasteiger partial charge is 0.482 e. The third-order valence-corrected chi connectivity index (χ3v) is 2.26. The van der Waals surface area contributed by atoms with Crippen molar-refractivity contribution < 1.29 is 9.53 Å². The summed E-state index contributed by atoms with van der Waals surface area (Å²) in [5.74, 6) is 0.853. The number of carbonyl (C=O) groups excluding carboxylic acids is 1. The van der Waals surface area contributed by atoms with Crippen LogP contribution in [0.25, 0.3) is 0 Å². The van der Waals surface area contributed by atoms with Crippen molar-refractivity contribution in [3.63, 3.8) is 0 Å². The smallest absolute Gasteiger partial charge is 0.265 e. The molecule has 3 heteroatoms. The number of para-hydroxylation sites is 2. The maximum absolute atomic E-state index is 11.5. The van der Waals surface area contributed by atoms with Crippen LogP contribution in [0.2, 0.25) is 0 Å². The number of rotatable bonds is 2. The Labute approximate surface area is 83.3 Å². The molecule has 2 rings (SSSR count). The van der Waals surface area contributed by atoms with E-state index in [-0.39, 0.29) is 12.5 Å². The van der Waals surface area contributed by atoms with Gasteiger partial charge in [-0.05, 0) is 18.6 Å². The molecule has 0 N–H and O–H groups in total. The van der Waals surface area contributed by atoms with Crippen molar-refractivity contribution in [3.05, 3.63) is 24.3 Å². The Hall–Kier alpha value is -1.51. The summed E-state index contributed by atoms with van der Waals surface area (Å²) in [5, 5.41) is 0. The lowest BCUT2D eigenvalue weighted by Gasteiger charge is -2.28. The molecule has 0 aliphatic carbocycles. The van der Waals surface area contributed by atoms with Crippen molar-refractivity contribution in [1.82, 2.24) is 0 Å². The normalized spacial score (nSPS) is 14.9. The van der Waals surface area contributed by atoms with E-state index in [1.165, 1.54) is 0 Å². The summed E-state index contributed by atoms with van der Waals surface area (Å²) < 4.78 is 5.32. The van der Waals surface area contributed by atoms with E-state index >= 15 is 0 Å². The van der Waals surface area contributed by atoms with Crippen LogP contribution < -0.4 is 9.64 Å². The van der Waals surface area contributed by atoms with E-state index in [4.69, 9.17) is 4.74 Å². The van der Waals surface area contributed by atoms with Crippen LogP contribution in [0, 0.1) is 0 Å². The van der Waals surface area contributed by atoms with Gasteiger partial charge >= 0.3 is 0 Å². The van der Waals surface area contributed by atoms with Crippen LogP contribution in [0.15, 0.2) is 24.3 Å². The molecule has 0 spiro atoms. The maximum Gasteiger partial charge on any atom is 0.265 e. The molecule has 3 nitrogen and oxygen atoms in total. The highest BCUT2D eigenvalue weighted by Crippen LogP contribution is 2.31. The minimum atomic E-state index is 0.0468. The second-order valence-corrected chi connectivity index (χ2v) is 3.30. The average molecular weight is 191 g/mol. The Morgan fingerprint density at radius 3 is 3.00 bits per heavy atom. The quantitative estimate of drug-likeness (QED) is 0.713. The molecule has 0 aromatic heterocycles. The van der Waals surface area contributed by atoms with Gasteiger partial charge in [-0.3, -0.25) is 4.79 Å². The first-order valence-corrected chi connectivity index (χ1v) is 4.85. The van der Waals surface area contributed by atoms with E-state index in [2.05, 4.69) is 6.92 Å². The Morgan fingerprint density at radius 1 is 1.43 bits per heavy atom. The van der Waals surface area contributed by atoms with Gasteiger partial charge in [0.2, 0.25) is 0 Å². The number of fused-ring (bicyclic) bond motifs is 1. The summed E-state index contributed by atoms with van der Waals surface area (Å²) in [5.41, 5.74) is 0.894. The highest BCUT2D eigenvalue weighted by atomic mass is 16.5. The lowest BCUT2D eigenvalue weighted by Crippen LogP contribution is -2.39. The Morgan fingerprint density at radius 2 is 2.21 bits per heavy atom. The van der Waals surface area contributed by atoms with Gasteiger partial charge in [-0.1, -0.05) is 19.1 Å². The standard InChI is InChI=1S/C11H13NO2/c1-2-7-12-9-5-3-4-6-10(9)14-8-11(12)13/h3-6H,2,7-8H2,1H3. The summed E-state index contributed by atoms with van der Waals surface area (Å²) in [6.07, 6.45) is 0.958. The van der Waals surface area contributed by atoms with Crippen LogP contribution in [-0.4, -0.2) is 19.1 Å². The molecule has 1 aromatic rings. The first-order valence-electron chi connectivity index (χ1n) is 4.85. The number of nitrogens with zero attached hydrogens (tertiary/aromatic N) is 1. The highest BCUT2D eigenvalue weighted by Gasteiger charge is 2.23. The predicted molar refractivity (Wildman–Crippen MR) is 54.6 cm³/mol. The zero-order valence-electron chi connectivity index (χ0n) is 8.19. The molecule has 0 atom stereocenters. The van der Waals surface area contributed by atoms with Crippen molar-refractivity contribution in [2.75, 3.05) is 18.1 Å². The van der Waals surface area contributed by atoms with E-state index in [0.717, 1.165) is 24.4 Å². The topological polar surface area (TPSA) is 29.5 Å². The van der Waals surface area contributed by atoms with E-state index in [0.29, 0.717) is 0 Å². The minimum absolute atomic E-state index is 0.0468. The van der Waals surface area contributed by atoms with Crippen LogP contribution in [0.5, 0.6) is 5.75 Å². The van der Waals surface area contributed by atoms with Crippen LogP contribution in [0.3, 0.4) is 0 Å². The fourth-order valence-corrected chi connectivity index (χ4v) is 1.62. The average Bonchev–Trinajstić information content (AvgIpc) is 2.23. The third kappa shape index (κ3) is 1.45. The fourth-order valence-electron chi connectivity index (χ4n) is 1.62. The number of benzene rings is 1. The van der Waals surface area contributed by atoms with Gasteiger partial charge in [0, 0.05) is 6.54 Å². The van der Waals surface area contributed by atoms with E-state index < -0.39 is 0 Å².